The van der Waals surface area contributed by atoms with Crippen molar-refractivity contribution in [3.63, 3.8) is 0 Å². The molecule has 2 nitrogen and oxygen atoms in total. The lowest BCUT2D eigenvalue weighted by Gasteiger charge is -2.01. The SMILES string of the molecule is CNCCc1cc(Cl)nc(Cl)c1. The predicted molar refractivity (Wildman–Crippen MR) is 51.9 cm³/mol. The number of hydrogen-bond acceptors (Lipinski definition) is 2. The molecule has 0 radical (unpaired) electrons. The molecule has 0 saturated heterocycles. The Kier molecular flexibility index (Phi) is 3.79. The number of nitrogens with zero attached hydrogens (tertiary/aromatic N) is 1. The zero-order valence-electron chi connectivity index (χ0n) is 6.77. The molecule has 1 aromatic rings. The molecule has 4 heteroatoms. The van der Waals surface area contributed by atoms with Gasteiger partial charge in [-0.15, -0.1) is 0 Å². The van der Waals surface area contributed by atoms with E-state index in [1.807, 2.05) is 19.2 Å². The number of halogens is 2. The second-order valence-electron chi connectivity index (χ2n) is 2.47. The Morgan fingerprint density at radius 3 is 2.42 bits per heavy atom. The largest absolute Gasteiger partial charge is 0.319 e. The van der Waals surface area contributed by atoms with Crippen molar-refractivity contribution in [3.8, 4) is 0 Å². The van der Waals surface area contributed by atoms with Crippen LogP contribution < -0.4 is 5.32 Å². The van der Waals surface area contributed by atoms with Gasteiger partial charge in [0.2, 0.25) is 0 Å². The topological polar surface area (TPSA) is 24.9 Å². The van der Waals surface area contributed by atoms with Gasteiger partial charge in [0, 0.05) is 0 Å². The molecule has 0 bridgehead atoms. The van der Waals surface area contributed by atoms with Crippen molar-refractivity contribution in [2.75, 3.05) is 13.6 Å². The molecule has 0 aliphatic rings. The second-order valence-corrected chi connectivity index (χ2v) is 3.25. The van der Waals surface area contributed by atoms with Crippen molar-refractivity contribution in [2.45, 2.75) is 6.42 Å². The number of hydrogen-bond donors (Lipinski definition) is 1. The third kappa shape index (κ3) is 2.97. The van der Waals surface area contributed by atoms with Gasteiger partial charge in [-0.3, -0.25) is 0 Å². The third-order valence-corrected chi connectivity index (χ3v) is 1.87. The van der Waals surface area contributed by atoms with Gasteiger partial charge in [-0.25, -0.2) is 4.98 Å². The molecule has 0 unspecified atom stereocenters. The normalized spacial score (nSPS) is 10.2. The Balaban J connectivity index is 2.72. The van der Waals surface area contributed by atoms with Gasteiger partial charge in [-0.1, -0.05) is 23.2 Å². The molecule has 0 aliphatic heterocycles. The van der Waals surface area contributed by atoms with Crippen LogP contribution in [0.3, 0.4) is 0 Å². The molecule has 66 valence electrons. The molecule has 0 spiro atoms. The summed E-state index contributed by atoms with van der Waals surface area (Å²) in [6.07, 6.45) is 0.915. The maximum atomic E-state index is 5.71. The molecule has 12 heavy (non-hydrogen) atoms. The van der Waals surface area contributed by atoms with E-state index in [4.69, 9.17) is 23.2 Å². The minimum absolute atomic E-state index is 0.452. The number of nitrogens with one attached hydrogen (secondary N) is 1. The lowest BCUT2D eigenvalue weighted by molar-refractivity contribution is 0.791. The lowest BCUT2D eigenvalue weighted by Crippen LogP contribution is -2.10. The molecule has 0 amide bonds. The molecule has 1 aromatic heterocycles. The monoisotopic (exact) mass is 204 g/mol. The highest BCUT2D eigenvalue weighted by Crippen LogP contribution is 2.14. The Hall–Kier alpha value is -0.310. The van der Waals surface area contributed by atoms with E-state index >= 15 is 0 Å². The van der Waals surface area contributed by atoms with E-state index in [9.17, 15) is 0 Å². The van der Waals surface area contributed by atoms with E-state index in [0.29, 0.717) is 10.3 Å². The first-order valence-corrected chi connectivity index (χ1v) is 4.44. The predicted octanol–water partition coefficient (Wildman–Crippen LogP) is 2.15. The summed E-state index contributed by atoms with van der Waals surface area (Å²) in [5, 5.41) is 3.95. The van der Waals surface area contributed by atoms with E-state index in [0.717, 1.165) is 18.5 Å². The summed E-state index contributed by atoms with van der Waals surface area (Å²) in [5.74, 6) is 0. The van der Waals surface area contributed by atoms with Crippen molar-refractivity contribution >= 4 is 23.2 Å². The maximum absolute atomic E-state index is 5.71. The van der Waals surface area contributed by atoms with Crippen molar-refractivity contribution < 1.29 is 0 Å². The maximum Gasteiger partial charge on any atom is 0.131 e. The first-order valence-electron chi connectivity index (χ1n) is 3.69. The van der Waals surface area contributed by atoms with Crippen LogP contribution in [0, 0.1) is 0 Å². The third-order valence-electron chi connectivity index (χ3n) is 1.49. The molecule has 1 N–H and O–H groups in total. The van der Waals surface area contributed by atoms with Crippen LogP contribution in [-0.4, -0.2) is 18.6 Å². The van der Waals surface area contributed by atoms with Crippen molar-refractivity contribution in [3.05, 3.63) is 28.0 Å². The number of rotatable bonds is 3. The summed E-state index contributed by atoms with van der Waals surface area (Å²) >= 11 is 11.4. The molecule has 0 saturated carbocycles. The van der Waals surface area contributed by atoms with Crippen LogP contribution in [0.25, 0.3) is 0 Å². The fourth-order valence-electron chi connectivity index (χ4n) is 0.928. The minimum Gasteiger partial charge on any atom is -0.319 e. The van der Waals surface area contributed by atoms with Gasteiger partial charge in [-0.2, -0.15) is 0 Å². The highest BCUT2D eigenvalue weighted by Gasteiger charge is 1.98. The van der Waals surface area contributed by atoms with Gasteiger partial charge >= 0.3 is 0 Å². The summed E-state index contributed by atoms with van der Waals surface area (Å²) in [6, 6.07) is 3.65. The minimum atomic E-state index is 0.452. The van der Waals surface area contributed by atoms with Crippen LogP contribution in [0.2, 0.25) is 10.3 Å². The summed E-state index contributed by atoms with van der Waals surface area (Å²) in [7, 11) is 1.91. The van der Waals surface area contributed by atoms with E-state index in [2.05, 4.69) is 10.3 Å². The first kappa shape index (κ1) is 9.78. The fourth-order valence-corrected chi connectivity index (χ4v) is 1.43. The lowest BCUT2D eigenvalue weighted by atomic mass is 10.2. The number of likely N-dealkylation sites (N-methyl/N-ethyl adjacent to an activating group) is 1. The van der Waals surface area contributed by atoms with Crippen LogP contribution >= 0.6 is 23.2 Å². The fraction of sp³-hybridized carbons (Fsp3) is 0.375. The second kappa shape index (κ2) is 4.65. The molecule has 0 atom stereocenters. The highest BCUT2D eigenvalue weighted by molar-refractivity contribution is 6.32. The summed E-state index contributed by atoms with van der Waals surface area (Å²) in [6.45, 7) is 0.913. The van der Waals surface area contributed by atoms with Crippen LogP contribution in [0.15, 0.2) is 12.1 Å². The Bertz CT molecular complexity index is 243. The van der Waals surface area contributed by atoms with Gasteiger partial charge in [0.25, 0.3) is 0 Å². The van der Waals surface area contributed by atoms with Crippen molar-refractivity contribution in [1.82, 2.24) is 10.3 Å². The average Bonchev–Trinajstić information content (AvgIpc) is 1.99. The van der Waals surface area contributed by atoms with E-state index in [-0.39, 0.29) is 0 Å². The molecule has 1 heterocycles. The summed E-state index contributed by atoms with van der Waals surface area (Å²) in [5.41, 5.74) is 1.11. The van der Waals surface area contributed by atoms with E-state index < -0.39 is 0 Å². The molecule has 0 fully saturated rings. The van der Waals surface area contributed by atoms with Crippen LogP contribution in [0.4, 0.5) is 0 Å². The molecule has 0 aromatic carbocycles. The average molecular weight is 205 g/mol. The molecular weight excluding hydrogens is 195 g/mol. The van der Waals surface area contributed by atoms with Crippen molar-refractivity contribution in [2.24, 2.45) is 0 Å². The quantitative estimate of drug-likeness (QED) is 0.764. The highest BCUT2D eigenvalue weighted by atomic mass is 35.5. The molecular formula is C8H10Cl2N2. The van der Waals surface area contributed by atoms with Gasteiger partial charge in [-0.05, 0) is 37.7 Å². The van der Waals surface area contributed by atoms with Gasteiger partial charge < -0.3 is 5.32 Å². The smallest absolute Gasteiger partial charge is 0.131 e. The summed E-state index contributed by atoms with van der Waals surface area (Å²) in [4.78, 5) is 3.85. The van der Waals surface area contributed by atoms with E-state index in [1.165, 1.54) is 0 Å². The van der Waals surface area contributed by atoms with Gasteiger partial charge in [0.05, 0.1) is 0 Å². The van der Waals surface area contributed by atoms with E-state index in [1.54, 1.807) is 0 Å². The number of pyridine rings is 1. The molecule has 0 aliphatic carbocycles. The van der Waals surface area contributed by atoms with Crippen LogP contribution in [0.5, 0.6) is 0 Å². The first-order chi connectivity index (χ1) is 5.72. The standard InChI is InChI=1S/C8H10Cl2N2/c1-11-3-2-6-4-7(9)12-8(10)5-6/h4-5,11H,2-3H2,1H3. The Morgan fingerprint density at radius 2 is 1.92 bits per heavy atom. The van der Waals surface area contributed by atoms with Crippen LogP contribution in [0.1, 0.15) is 5.56 Å². The van der Waals surface area contributed by atoms with Gasteiger partial charge in [0.15, 0.2) is 0 Å². The Labute approximate surface area is 81.9 Å². The zero-order valence-corrected chi connectivity index (χ0v) is 8.28. The number of aromatic nitrogens is 1. The molecule has 1 rings (SSSR count). The summed E-state index contributed by atoms with van der Waals surface area (Å²) < 4.78 is 0. The van der Waals surface area contributed by atoms with Gasteiger partial charge in [0.1, 0.15) is 10.3 Å². The zero-order chi connectivity index (χ0) is 8.97. The van der Waals surface area contributed by atoms with Crippen molar-refractivity contribution in [1.29, 1.82) is 0 Å². The Morgan fingerprint density at radius 1 is 1.33 bits per heavy atom. The van der Waals surface area contributed by atoms with Crippen LogP contribution in [-0.2, 0) is 6.42 Å².